The van der Waals surface area contributed by atoms with Gasteiger partial charge in [0, 0.05) is 25.1 Å². The van der Waals surface area contributed by atoms with Crippen LogP contribution in [0.15, 0.2) is 54.6 Å². The highest BCUT2D eigenvalue weighted by Gasteiger charge is 2.21. The second-order valence-electron chi connectivity index (χ2n) is 6.84. The molecular formula is C23H30N2O5. The summed E-state index contributed by atoms with van der Waals surface area (Å²) in [4.78, 5) is 24.6. The smallest absolute Gasteiger partial charge is 0.251 e. The van der Waals surface area contributed by atoms with Crippen molar-refractivity contribution in [2.45, 2.75) is 26.3 Å². The fourth-order valence-electron chi connectivity index (χ4n) is 2.85. The van der Waals surface area contributed by atoms with E-state index < -0.39 is 0 Å². The predicted octanol–water partition coefficient (Wildman–Crippen LogP) is 3.36. The molecule has 0 aliphatic carbocycles. The molecule has 0 radical (unpaired) electrons. The monoisotopic (exact) mass is 414 g/mol. The highest BCUT2D eigenvalue weighted by molar-refractivity contribution is 5.94. The van der Waals surface area contributed by atoms with Crippen LogP contribution in [-0.2, 0) is 14.3 Å². The van der Waals surface area contributed by atoms with Gasteiger partial charge in [-0.25, -0.2) is 0 Å². The Hall–Kier alpha value is -2.90. The average Bonchev–Trinajstić information content (AvgIpc) is 2.77. The molecule has 2 aromatic rings. The van der Waals surface area contributed by atoms with Crippen molar-refractivity contribution in [2.75, 3.05) is 27.1 Å². The van der Waals surface area contributed by atoms with Gasteiger partial charge in [0.05, 0.1) is 12.6 Å². The first-order chi connectivity index (χ1) is 14.5. The lowest BCUT2D eigenvalue weighted by atomic mass is 10.0. The Morgan fingerprint density at radius 3 is 2.27 bits per heavy atom. The summed E-state index contributed by atoms with van der Waals surface area (Å²) in [7, 11) is 1.59. The Morgan fingerprint density at radius 2 is 1.63 bits per heavy atom. The summed E-state index contributed by atoms with van der Waals surface area (Å²) in [5.74, 6) is 0.779. The highest BCUT2D eigenvalue weighted by atomic mass is 16.7. The number of carbonyl (C=O) groups excluding carboxylic acids is 2. The maximum Gasteiger partial charge on any atom is 0.251 e. The van der Waals surface area contributed by atoms with Crippen LogP contribution in [0.5, 0.6) is 11.5 Å². The minimum Gasteiger partial charge on any atom is -0.457 e. The summed E-state index contributed by atoms with van der Waals surface area (Å²) >= 11 is 0. The van der Waals surface area contributed by atoms with Crippen molar-refractivity contribution in [3.63, 3.8) is 0 Å². The normalized spacial score (nSPS) is 12.6. The minimum absolute atomic E-state index is 0.0820. The van der Waals surface area contributed by atoms with E-state index in [1.54, 1.807) is 31.3 Å². The van der Waals surface area contributed by atoms with Gasteiger partial charge in [0.15, 0.2) is 0 Å². The zero-order valence-corrected chi connectivity index (χ0v) is 17.7. The molecule has 2 aromatic carbocycles. The molecule has 2 amide bonds. The molecular weight excluding hydrogens is 384 g/mol. The third-order valence-corrected chi connectivity index (χ3v) is 4.45. The van der Waals surface area contributed by atoms with Crippen LogP contribution in [-0.4, -0.2) is 44.9 Å². The number of nitrogens with one attached hydrogen (secondary N) is 2. The summed E-state index contributed by atoms with van der Waals surface area (Å²) in [6.45, 7) is 4.63. The second kappa shape index (κ2) is 12.6. The lowest BCUT2D eigenvalue weighted by Crippen LogP contribution is -2.41. The first-order valence-corrected chi connectivity index (χ1v) is 10.0. The van der Waals surface area contributed by atoms with Crippen LogP contribution in [0.4, 0.5) is 0 Å². The maximum atomic E-state index is 12.7. The first-order valence-electron chi connectivity index (χ1n) is 10.0. The molecule has 0 unspecified atom stereocenters. The molecule has 0 bridgehead atoms. The van der Waals surface area contributed by atoms with Crippen molar-refractivity contribution in [3.8, 4) is 11.5 Å². The van der Waals surface area contributed by atoms with Crippen LogP contribution < -0.4 is 15.4 Å². The Balaban J connectivity index is 1.97. The molecule has 0 aliphatic rings. The van der Waals surface area contributed by atoms with E-state index in [9.17, 15) is 9.59 Å². The van der Waals surface area contributed by atoms with E-state index in [1.807, 2.05) is 44.2 Å². The number of rotatable bonds is 12. The zero-order valence-electron chi connectivity index (χ0n) is 17.7. The number of carbonyl (C=O) groups is 2. The minimum atomic E-state index is -0.328. The van der Waals surface area contributed by atoms with Crippen molar-refractivity contribution in [1.29, 1.82) is 0 Å². The fraction of sp³-hybridized carbons (Fsp3) is 0.391. The van der Waals surface area contributed by atoms with Crippen LogP contribution >= 0.6 is 0 Å². The van der Waals surface area contributed by atoms with Crippen LogP contribution in [0.25, 0.3) is 0 Å². The van der Waals surface area contributed by atoms with Crippen molar-refractivity contribution in [3.05, 3.63) is 60.2 Å². The Labute approximate surface area is 177 Å². The molecule has 0 aromatic heterocycles. The second-order valence-corrected chi connectivity index (χ2v) is 6.84. The average molecular weight is 415 g/mol. The number of hydrogen-bond acceptors (Lipinski definition) is 5. The van der Waals surface area contributed by atoms with Crippen molar-refractivity contribution >= 4 is 11.8 Å². The Kier molecular flexibility index (Phi) is 9.83. The molecule has 0 spiro atoms. The third-order valence-electron chi connectivity index (χ3n) is 4.45. The van der Waals surface area contributed by atoms with Crippen LogP contribution in [0.2, 0.25) is 0 Å². The molecule has 7 heteroatoms. The van der Waals surface area contributed by atoms with Gasteiger partial charge in [0.2, 0.25) is 5.91 Å². The van der Waals surface area contributed by atoms with Gasteiger partial charge in [-0.1, -0.05) is 25.1 Å². The summed E-state index contributed by atoms with van der Waals surface area (Å²) < 4.78 is 16.4. The van der Waals surface area contributed by atoms with E-state index in [4.69, 9.17) is 14.2 Å². The summed E-state index contributed by atoms with van der Waals surface area (Å²) in [6, 6.07) is 16.0. The Morgan fingerprint density at radius 1 is 0.967 bits per heavy atom. The zero-order chi connectivity index (χ0) is 21.8. The van der Waals surface area contributed by atoms with Gasteiger partial charge in [-0.3, -0.25) is 9.59 Å². The van der Waals surface area contributed by atoms with Gasteiger partial charge in [-0.15, -0.1) is 0 Å². The fourth-order valence-corrected chi connectivity index (χ4v) is 2.85. The number of para-hydroxylation sites is 1. The van der Waals surface area contributed by atoms with Crippen molar-refractivity contribution in [1.82, 2.24) is 10.6 Å². The molecule has 162 valence electrons. The van der Waals surface area contributed by atoms with E-state index in [1.165, 1.54) is 0 Å². The van der Waals surface area contributed by atoms with Gasteiger partial charge in [0.1, 0.15) is 18.3 Å². The first kappa shape index (κ1) is 23.4. The molecule has 30 heavy (non-hydrogen) atoms. The largest absolute Gasteiger partial charge is 0.457 e. The number of ether oxygens (including phenoxy) is 3. The SMILES string of the molecule is CCOCOC[C@H](C[C@H](C)C(=O)NC)NC(=O)c1ccc(Oc2ccccc2)cc1. The van der Waals surface area contributed by atoms with E-state index >= 15 is 0 Å². The highest BCUT2D eigenvalue weighted by Crippen LogP contribution is 2.21. The molecule has 0 fully saturated rings. The summed E-state index contributed by atoms with van der Waals surface area (Å²) in [6.07, 6.45) is 0.451. The number of benzene rings is 2. The van der Waals surface area contributed by atoms with Gasteiger partial charge in [-0.2, -0.15) is 0 Å². The van der Waals surface area contributed by atoms with Crippen molar-refractivity contribution < 1.29 is 23.8 Å². The molecule has 0 saturated carbocycles. The van der Waals surface area contributed by atoms with Gasteiger partial charge in [0.25, 0.3) is 5.91 Å². The van der Waals surface area contributed by atoms with Crippen molar-refractivity contribution in [2.24, 2.45) is 5.92 Å². The quantitative estimate of drug-likeness (QED) is 0.411. The van der Waals surface area contributed by atoms with E-state index in [2.05, 4.69) is 10.6 Å². The maximum absolute atomic E-state index is 12.7. The molecule has 0 saturated heterocycles. The van der Waals surface area contributed by atoms with E-state index in [-0.39, 0.29) is 37.2 Å². The standard InChI is InChI=1S/C23H30N2O5/c1-4-28-16-29-15-19(14-17(2)22(26)24-3)25-23(27)18-10-12-21(13-11-18)30-20-8-6-5-7-9-20/h5-13,17,19H,4,14-16H2,1-3H3,(H,24,26)(H,25,27)/t17-,19-/m0/s1. The summed E-state index contributed by atoms with van der Waals surface area (Å²) in [5.41, 5.74) is 0.498. The van der Waals surface area contributed by atoms with Crippen LogP contribution in [0.1, 0.15) is 30.6 Å². The number of hydrogen-bond donors (Lipinski definition) is 2. The Bertz CT molecular complexity index is 780. The molecule has 0 heterocycles. The molecule has 7 nitrogen and oxygen atoms in total. The van der Waals surface area contributed by atoms with E-state index in [0.29, 0.717) is 24.3 Å². The lowest BCUT2D eigenvalue weighted by Gasteiger charge is -2.22. The molecule has 0 aliphatic heterocycles. The third kappa shape index (κ3) is 7.85. The molecule has 2 rings (SSSR count). The number of amides is 2. The lowest BCUT2D eigenvalue weighted by molar-refractivity contribution is -0.124. The predicted molar refractivity (Wildman–Crippen MR) is 115 cm³/mol. The summed E-state index contributed by atoms with van der Waals surface area (Å²) in [5, 5.41) is 5.58. The van der Waals surface area contributed by atoms with Crippen LogP contribution in [0.3, 0.4) is 0 Å². The molecule has 2 atom stereocenters. The van der Waals surface area contributed by atoms with Crippen LogP contribution in [0, 0.1) is 5.92 Å². The van der Waals surface area contributed by atoms with Gasteiger partial charge >= 0.3 is 0 Å². The van der Waals surface area contributed by atoms with E-state index in [0.717, 1.165) is 5.75 Å². The molecule has 2 N–H and O–H groups in total. The van der Waals surface area contributed by atoms with Gasteiger partial charge in [-0.05, 0) is 49.7 Å². The topological polar surface area (TPSA) is 85.9 Å². The van der Waals surface area contributed by atoms with Gasteiger partial charge < -0.3 is 24.8 Å².